The van der Waals surface area contributed by atoms with Gasteiger partial charge in [0.15, 0.2) is 5.78 Å². The average molecular weight is 754 g/mol. The summed E-state index contributed by atoms with van der Waals surface area (Å²) >= 11 is 0. The van der Waals surface area contributed by atoms with E-state index >= 15 is 0 Å². The summed E-state index contributed by atoms with van der Waals surface area (Å²) in [6, 6.07) is 4.40. The van der Waals surface area contributed by atoms with Crippen LogP contribution >= 0.6 is 0 Å². The highest BCUT2D eigenvalue weighted by molar-refractivity contribution is 7.85. The maximum atomic E-state index is 14.6. The molecule has 5 atom stereocenters. The van der Waals surface area contributed by atoms with E-state index in [-0.39, 0.29) is 44.2 Å². The summed E-state index contributed by atoms with van der Waals surface area (Å²) in [5, 5.41) is 0.734. The van der Waals surface area contributed by atoms with E-state index in [1.165, 1.54) is 4.90 Å². The lowest BCUT2D eigenvalue weighted by atomic mass is 9.77. The van der Waals surface area contributed by atoms with Crippen molar-refractivity contribution in [1.82, 2.24) is 14.6 Å². The minimum Gasteiger partial charge on any atom is -0.496 e. The Labute approximate surface area is 311 Å². The van der Waals surface area contributed by atoms with Crippen LogP contribution in [0.3, 0.4) is 0 Å². The van der Waals surface area contributed by atoms with Crippen molar-refractivity contribution >= 4 is 44.8 Å². The van der Waals surface area contributed by atoms with Crippen LogP contribution < -0.4 is 14.2 Å². The van der Waals surface area contributed by atoms with Gasteiger partial charge in [0.05, 0.1) is 49.1 Å². The number of nitrogens with zero attached hydrogens (tertiary/aromatic N) is 2. The summed E-state index contributed by atoms with van der Waals surface area (Å²) in [7, 11) is -2.79. The van der Waals surface area contributed by atoms with Crippen molar-refractivity contribution in [2.75, 3.05) is 13.7 Å². The summed E-state index contributed by atoms with van der Waals surface area (Å²) in [4.78, 5) is 61.8. The third-order valence-corrected chi connectivity index (χ3v) is 12.1. The molecule has 0 spiro atoms. The fraction of sp³-hybridized carbons (Fsp3) is 0.615. The molecule has 6 rings (SSSR count). The lowest BCUT2D eigenvalue weighted by Crippen LogP contribution is -2.48. The van der Waals surface area contributed by atoms with Crippen LogP contribution in [0, 0.1) is 29.6 Å². The van der Waals surface area contributed by atoms with E-state index < -0.39 is 68.9 Å². The van der Waals surface area contributed by atoms with Crippen molar-refractivity contribution in [2.45, 2.75) is 116 Å². The summed E-state index contributed by atoms with van der Waals surface area (Å²) in [6.45, 7) is 11.4. The van der Waals surface area contributed by atoms with Gasteiger partial charge < -0.3 is 19.1 Å². The number of aromatic nitrogens is 1. The number of allylic oxidation sites excluding steroid dienone is 1. The van der Waals surface area contributed by atoms with Crippen LogP contribution in [-0.4, -0.2) is 79.9 Å². The third-order valence-electron chi connectivity index (χ3n) is 11.2. The second-order valence-corrected chi connectivity index (χ2v) is 17.4. The highest BCUT2D eigenvalue weighted by atomic mass is 32.2. The monoisotopic (exact) mass is 753 g/mol. The first-order chi connectivity index (χ1) is 25.0. The molecule has 3 saturated carbocycles. The normalized spacial score (nSPS) is 25.2. The third kappa shape index (κ3) is 8.53. The highest BCUT2D eigenvalue weighted by Gasteiger charge is 2.61. The maximum absolute atomic E-state index is 14.6. The van der Waals surface area contributed by atoms with Gasteiger partial charge in [0.25, 0.3) is 0 Å². The zero-order valence-corrected chi connectivity index (χ0v) is 32.0. The first-order valence-corrected chi connectivity index (χ1v) is 20.0. The SMILES string of the molecule is C=C[C@@H]1C[C@]1(CC(=O)C1C[C@@H](Oc2ccnc3c(C)c(OC)ccc23)CN1C(=O)C(CC(=O)OC1CCCC1)C(C)(C)C)C(=O)NS(=O)(=O)OC1CC1. The summed E-state index contributed by atoms with van der Waals surface area (Å²) in [6.07, 6.45) is 6.53. The van der Waals surface area contributed by atoms with Crippen LogP contribution in [0.2, 0.25) is 0 Å². The van der Waals surface area contributed by atoms with Crippen molar-refractivity contribution in [2.24, 2.45) is 22.7 Å². The number of aryl methyl sites for hydroxylation is 1. The van der Waals surface area contributed by atoms with Crippen molar-refractivity contribution in [3.8, 4) is 11.5 Å². The topological polar surface area (TPSA) is 168 Å². The molecule has 288 valence electrons. The zero-order valence-electron chi connectivity index (χ0n) is 31.2. The van der Waals surface area contributed by atoms with Crippen LogP contribution in [0.4, 0.5) is 0 Å². The molecule has 2 unspecified atom stereocenters. The van der Waals surface area contributed by atoms with Gasteiger partial charge in [-0.25, -0.2) is 4.72 Å². The minimum atomic E-state index is -4.37. The van der Waals surface area contributed by atoms with Crippen molar-refractivity contribution < 1.29 is 46.0 Å². The number of hydrogen-bond acceptors (Lipinski definition) is 11. The molecule has 0 radical (unpaired) electrons. The average Bonchev–Trinajstić information content (AvgIpc) is 3.92. The zero-order chi connectivity index (χ0) is 38.3. The molecule has 1 saturated heterocycles. The Bertz CT molecular complexity index is 1880. The van der Waals surface area contributed by atoms with E-state index in [1.54, 1.807) is 25.4 Å². The van der Waals surface area contributed by atoms with Gasteiger partial charge in [0.1, 0.15) is 23.7 Å². The summed E-state index contributed by atoms with van der Waals surface area (Å²) in [5.74, 6) is -2.16. The maximum Gasteiger partial charge on any atom is 0.362 e. The predicted octanol–water partition coefficient (Wildman–Crippen LogP) is 5.13. The van der Waals surface area contributed by atoms with Gasteiger partial charge in [-0.1, -0.05) is 26.8 Å². The molecule has 13 nitrogen and oxygen atoms in total. The van der Waals surface area contributed by atoms with Crippen molar-refractivity contribution in [1.29, 1.82) is 0 Å². The van der Waals surface area contributed by atoms with Crippen molar-refractivity contribution in [3.63, 3.8) is 0 Å². The number of likely N-dealkylation sites (tertiary alicyclic amines) is 1. The van der Waals surface area contributed by atoms with Crippen LogP contribution in [-0.2, 0) is 38.4 Å². The Hall–Kier alpha value is -4.04. The minimum absolute atomic E-state index is 0.0478. The number of amides is 2. The van der Waals surface area contributed by atoms with Crippen LogP contribution in [0.5, 0.6) is 11.5 Å². The molecule has 1 N–H and O–H groups in total. The molecule has 0 bridgehead atoms. The first-order valence-electron chi connectivity index (χ1n) is 18.5. The fourth-order valence-electron chi connectivity index (χ4n) is 7.82. The van der Waals surface area contributed by atoms with Gasteiger partial charge in [-0.3, -0.25) is 28.3 Å². The smallest absolute Gasteiger partial charge is 0.362 e. The van der Waals surface area contributed by atoms with Gasteiger partial charge in [0, 0.05) is 30.0 Å². The molecule has 4 fully saturated rings. The Morgan fingerprint density at radius 2 is 1.77 bits per heavy atom. The van der Waals surface area contributed by atoms with Gasteiger partial charge in [-0.15, -0.1) is 6.58 Å². The number of pyridine rings is 1. The Morgan fingerprint density at radius 3 is 2.40 bits per heavy atom. The standard InChI is InChI=1S/C39H51N3O10S/c1-7-24-20-39(24,37(46)41-53(47,48)52-26-12-13-26)21-31(43)30-18-27(50-33-16-17-40-35-23(2)32(49-6)15-14-28(33)35)22-42(30)36(45)29(38(3,4)5)19-34(44)51-25-10-8-9-11-25/h7,14-17,24-27,29-30H,1,8-13,18-22H2,2-6H3,(H,41,46)/t24-,27-,29?,30?,39-/m1/s1. The number of esters is 1. The Balaban J connectivity index is 1.27. The highest BCUT2D eigenvalue weighted by Crippen LogP contribution is 2.57. The van der Waals surface area contributed by atoms with E-state index in [1.807, 2.05) is 44.5 Å². The van der Waals surface area contributed by atoms with E-state index in [0.29, 0.717) is 29.9 Å². The number of fused-ring (bicyclic) bond motifs is 1. The largest absolute Gasteiger partial charge is 0.496 e. The first kappa shape index (κ1) is 38.7. The Kier molecular flexibility index (Phi) is 10.9. The van der Waals surface area contributed by atoms with Gasteiger partial charge in [-0.05, 0) is 81.4 Å². The number of methoxy groups -OCH3 is 1. The van der Waals surface area contributed by atoms with Gasteiger partial charge in [0.2, 0.25) is 11.8 Å². The molecule has 2 amide bonds. The van der Waals surface area contributed by atoms with E-state index in [9.17, 15) is 27.6 Å². The van der Waals surface area contributed by atoms with Crippen molar-refractivity contribution in [3.05, 3.63) is 42.6 Å². The van der Waals surface area contributed by atoms with Gasteiger partial charge >= 0.3 is 16.3 Å². The van der Waals surface area contributed by atoms with Crippen LogP contribution in [0.1, 0.15) is 90.5 Å². The number of ketones is 1. The van der Waals surface area contributed by atoms with Gasteiger partial charge in [-0.2, -0.15) is 8.42 Å². The number of rotatable bonds is 15. The molecular formula is C39H51N3O10S. The molecule has 53 heavy (non-hydrogen) atoms. The molecule has 4 aliphatic rings. The molecule has 1 aromatic heterocycles. The molecule has 1 aromatic carbocycles. The fourth-order valence-corrected chi connectivity index (χ4v) is 8.85. The predicted molar refractivity (Wildman–Crippen MR) is 195 cm³/mol. The molecule has 2 heterocycles. The second kappa shape index (κ2) is 15.0. The molecule has 2 aromatic rings. The quantitative estimate of drug-likeness (QED) is 0.189. The lowest BCUT2D eigenvalue weighted by Gasteiger charge is -2.35. The van der Waals surface area contributed by atoms with E-state index in [2.05, 4.69) is 11.6 Å². The number of ether oxygens (including phenoxy) is 3. The number of nitrogens with one attached hydrogen (secondary N) is 1. The summed E-state index contributed by atoms with van der Waals surface area (Å²) < 4.78 is 50.0. The van der Waals surface area contributed by atoms with Crippen LogP contribution in [0.15, 0.2) is 37.1 Å². The number of hydrogen-bond donors (Lipinski definition) is 1. The number of carbonyl (C=O) groups excluding carboxylic acids is 4. The molecular weight excluding hydrogens is 703 g/mol. The van der Waals surface area contributed by atoms with E-state index in [4.69, 9.17) is 18.4 Å². The second-order valence-electron chi connectivity index (χ2n) is 16.1. The molecule has 1 aliphatic heterocycles. The molecule has 3 aliphatic carbocycles. The summed E-state index contributed by atoms with van der Waals surface area (Å²) in [5.41, 5.74) is -0.512. The van der Waals surface area contributed by atoms with Crippen LogP contribution in [0.25, 0.3) is 10.9 Å². The number of carbonyl (C=O) groups is 4. The van der Waals surface area contributed by atoms with E-state index in [0.717, 1.165) is 36.6 Å². The number of Topliss-reactive ketones (excluding diaryl/α,β-unsaturated/α-hetero) is 1. The lowest BCUT2D eigenvalue weighted by molar-refractivity contribution is -0.156. The number of benzene rings is 1. The Morgan fingerprint density at radius 1 is 1.06 bits per heavy atom. The molecule has 14 heteroatoms.